The number of Topliss-reactive ketones (excluding diaryl/α,β-unsaturated/α-hetero) is 1. The Hall–Kier alpha value is -2.80. The lowest BCUT2D eigenvalue weighted by atomic mass is 10.1. The van der Waals surface area contributed by atoms with Gasteiger partial charge in [0.25, 0.3) is 0 Å². The first kappa shape index (κ1) is 19.9. The molecule has 0 fully saturated rings. The van der Waals surface area contributed by atoms with E-state index < -0.39 is 5.97 Å². The second-order valence-electron chi connectivity index (χ2n) is 6.56. The molecule has 0 aliphatic rings. The first-order valence-corrected chi connectivity index (χ1v) is 9.83. The molecule has 0 bridgehead atoms. The number of ether oxygens (including phenoxy) is 1. The normalized spacial score (nSPS) is 12.0. The maximum Gasteiger partial charge on any atom is 0.339 e. The van der Waals surface area contributed by atoms with E-state index in [0.29, 0.717) is 29.1 Å². The molecule has 1 atom stereocenters. The fourth-order valence-corrected chi connectivity index (χ4v) is 4.06. The van der Waals surface area contributed by atoms with Crippen molar-refractivity contribution in [3.63, 3.8) is 0 Å². The lowest BCUT2D eigenvalue weighted by Gasteiger charge is -2.12. The SMILES string of the molecule is COC(=O)c1c(C)[nH]c(C(=O)C(C)Sc2nccn2Cc2ccccc2)c1C. The number of rotatable bonds is 7. The monoisotopic (exact) mass is 397 g/mol. The third kappa shape index (κ3) is 4.04. The molecule has 7 heteroatoms. The van der Waals surface area contributed by atoms with Crippen LogP contribution in [0.15, 0.2) is 47.9 Å². The number of aromatic amines is 1. The van der Waals surface area contributed by atoms with Gasteiger partial charge >= 0.3 is 5.97 Å². The van der Waals surface area contributed by atoms with Gasteiger partial charge in [0.2, 0.25) is 0 Å². The van der Waals surface area contributed by atoms with Crippen molar-refractivity contribution < 1.29 is 14.3 Å². The molecular weight excluding hydrogens is 374 g/mol. The summed E-state index contributed by atoms with van der Waals surface area (Å²) >= 11 is 1.40. The van der Waals surface area contributed by atoms with E-state index in [1.807, 2.05) is 35.9 Å². The first-order chi connectivity index (χ1) is 13.4. The zero-order chi connectivity index (χ0) is 20.3. The summed E-state index contributed by atoms with van der Waals surface area (Å²) in [5, 5.41) is 0.415. The Morgan fingerprint density at radius 3 is 2.64 bits per heavy atom. The number of hydrogen-bond donors (Lipinski definition) is 1. The van der Waals surface area contributed by atoms with Crippen LogP contribution in [0.1, 0.15) is 44.6 Å². The van der Waals surface area contributed by atoms with Gasteiger partial charge in [-0.05, 0) is 31.9 Å². The van der Waals surface area contributed by atoms with Gasteiger partial charge in [-0.25, -0.2) is 9.78 Å². The molecule has 1 N–H and O–H groups in total. The standard InChI is InChI=1S/C21H23N3O3S/c1-13-17(20(26)27-4)14(2)23-18(13)19(25)15(3)28-21-22-10-11-24(21)12-16-8-6-5-7-9-16/h5-11,15,23H,12H2,1-4H3. The Morgan fingerprint density at radius 2 is 1.96 bits per heavy atom. The highest BCUT2D eigenvalue weighted by atomic mass is 32.2. The van der Waals surface area contributed by atoms with Crippen LogP contribution in [-0.4, -0.2) is 38.6 Å². The van der Waals surface area contributed by atoms with E-state index in [1.54, 1.807) is 20.0 Å². The number of aromatic nitrogens is 3. The Bertz CT molecular complexity index is 992. The maximum atomic E-state index is 13.0. The third-order valence-electron chi connectivity index (χ3n) is 4.60. The number of carbonyl (C=O) groups is 2. The molecule has 0 spiro atoms. The number of benzene rings is 1. The molecule has 3 aromatic rings. The second-order valence-corrected chi connectivity index (χ2v) is 7.87. The van der Waals surface area contributed by atoms with Gasteiger partial charge in [-0.15, -0.1) is 0 Å². The summed E-state index contributed by atoms with van der Waals surface area (Å²) in [6.07, 6.45) is 3.65. The van der Waals surface area contributed by atoms with Gasteiger partial charge in [-0.1, -0.05) is 42.1 Å². The molecule has 0 radical (unpaired) electrons. The largest absolute Gasteiger partial charge is 0.465 e. The highest BCUT2D eigenvalue weighted by Gasteiger charge is 2.26. The van der Waals surface area contributed by atoms with E-state index in [4.69, 9.17) is 4.74 Å². The van der Waals surface area contributed by atoms with E-state index in [9.17, 15) is 9.59 Å². The van der Waals surface area contributed by atoms with Crippen LogP contribution in [0.3, 0.4) is 0 Å². The summed E-state index contributed by atoms with van der Waals surface area (Å²) < 4.78 is 6.84. The molecule has 0 saturated carbocycles. The smallest absolute Gasteiger partial charge is 0.339 e. The van der Waals surface area contributed by atoms with Gasteiger partial charge in [0, 0.05) is 24.6 Å². The number of methoxy groups -OCH3 is 1. The highest BCUT2D eigenvalue weighted by molar-refractivity contribution is 8.00. The topological polar surface area (TPSA) is 77.0 Å². The fourth-order valence-electron chi connectivity index (χ4n) is 3.13. The minimum absolute atomic E-state index is 0.0741. The molecule has 0 saturated heterocycles. The Labute approximate surface area is 168 Å². The summed E-state index contributed by atoms with van der Waals surface area (Å²) in [5.41, 5.74) is 3.29. The zero-order valence-electron chi connectivity index (χ0n) is 16.4. The average Bonchev–Trinajstić information content (AvgIpc) is 3.24. The van der Waals surface area contributed by atoms with Crippen LogP contribution in [0.2, 0.25) is 0 Å². The summed E-state index contributed by atoms with van der Waals surface area (Å²) in [6.45, 7) is 6.07. The Kier molecular flexibility index (Phi) is 6.04. The molecule has 28 heavy (non-hydrogen) atoms. The lowest BCUT2D eigenvalue weighted by Crippen LogP contribution is -2.16. The van der Waals surface area contributed by atoms with Crippen molar-refractivity contribution in [1.82, 2.24) is 14.5 Å². The van der Waals surface area contributed by atoms with Gasteiger partial charge in [-0.3, -0.25) is 4.79 Å². The summed E-state index contributed by atoms with van der Waals surface area (Å²) in [5.74, 6) is -0.515. The van der Waals surface area contributed by atoms with Crippen LogP contribution in [0.5, 0.6) is 0 Å². The number of H-pyrrole nitrogens is 1. The molecule has 3 rings (SSSR count). The molecule has 1 aromatic carbocycles. The first-order valence-electron chi connectivity index (χ1n) is 8.95. The number of nitrogens with zero attached hydrogens (tertiary/aromatic N) is 2. The molecule has 2 heterocycles. The second kappa shape index (κ2) is 8.48. The summed E-state index contributed by atoms with van der Waals surface area (Å²) in [4.78, 5) is 32.4. The number of nitrogens with one attached hydrogen (secondary N) is 1. The van der Waals surface area contributed by atoms with Gasteiger partial charge in [0.15, 0.2) is 10.9 Å². The van der Waals surface area contributed by atoms with Crippen LogP contribution in [0.25, 0.3) is 0 Å². The third-order valence-corrected chi connectivity index (χ3v) is 5.72. The van der Waals surface area contributed by atoms with E-state index >= 15 is 0 Å². The van der Waals surface area contributed by atoms with E-state index in [2.05, 4.69) is 22.1 Å². The highest BCUT2D eigenvalue weighted by Crippen LogP contribution is 2.27. The predicted molar refractivity (Wildman–Crippen MR) is 109 cm³/mol. The molecule has 0 aliphatic heterocycles. The number of carbonyl (C=O) groups excluding carboxylic acids is 2. The average molecular weight is 398 g/mol. The molecule has 0 amide bonds. The van der Waals surface area contributed by atoms with Crippen molar-refractivity contribution in [3.8, 4) is 0 Å². The van der Waals surface area contributed by atoms with Gasteiger partial charge in [0.1, 0.15) is 0 Å². The molecule has 146 valence electrons. The Balaban J connectivity index is 1.78. The van der Waals surface area contributed by atoms with E-state index in [0.717, 1.165) is 5.16 Å². The number of imidazole rings is 1. The van der Waals surface area contributed by atoms with Crippen molar-refractivity contribution in [2.24, 2.45) is 0 Å². The lowest BCUT2D eigenvalue weighted by molar-refractivity contribution is 0.0599. The maximum absolute atomic E-state index is 13.0. The van der Waals surface area contributed by atoms with Crippen LogP contribution in [-0.2, 0) is 11.3 Å². The van der Waals surface area contributed by atoms with Crippen LogP contribution < -0.4 is 0 Å². The molecule has 6 nitrogen and oxygen atoms in total. The van der Waals surface area contributed by atoms with E-state index in [-0.39, 0.29) is 11.0 Å². The molecule has 0 aliphatic carbocycles. The Morgan fingerprint density at radius 1 is 1.25 bits per heavy atom. The minimum Gasteiger partial charge on any atom is -0.465 e. The minimum atomic E-state index is -0.441. The quantitative estimate of drug-likeness (QED) is 0.370. The summed E-state index contributed by atoms with van der Waals surface area (Å²) in [6, 6.07) is 10.1. The van der Waals surface area contributed by atoms with Gasteiger partial charge in [-0.2, -0.15) is 0 Å². The van der Waals surface area contributed by atoms with Crippen molar-refractivity contribution in [1.29, 1.82) is 0 Å². The van der Waals surface area contributed by atoms with Gasteiger partial charge in [0.05, 0.1) is 23.6 Å². The number of thioether (sulfide) groups is 1. The van der Waals surface area contributed by atoms with Crippen LogP contribution >= 0.6 is 11.8 Å². The predicted octanol–water partition coefficient (Wildman–Crippen LogP) is 4.03. The fraction of sp³-hybridized carbons (Fsp3) is 0.286. The van der Waals surface area contributed by atoms with Crippen molar-refractivity contribution >= 4 is 23.5 Å². The molecule has 2 aromatic heterocycles. The number of aryl methyl sites for hydroxylation is 1. The van der Waals surface area contributed by atoms with Gasteiger partial charge < -0.3 is 14.3 Å². The van der Waals surface area contributed by atoms with Crippen molar-refractivity contribution in [2.75, 3.05) is 7.11 Å². The molecule has 1 unspecified atom stereocenters. The van der Waals surface area contributed by atoms with E-state index in [1.165, 1.54) is 24.4 Å². The number of ketones is 1. The zero-order valence-corrected chi connectivity index (χ0v) is 17.2. The van der Waals surface area contributed by atoms with Crippen molar-refractivity contribution in [2.45, 2.75) is 37.7 Å². The number of esters is 1. The van der Waals surface area contributed by atoms with Crippen molar-refractivity contribution in [3.05, 3.63) is 70.8 Å². The molecular formula is C21H23N3O3S. The summed E-state index contributed by atoms with van der Waals surface area (Å²) in [7, 11) is 1.33. The number of hydrogen-bond acceptors (Lipinski definition) is 5. The van der Waals surface area contributed by atoms with Crippen LogP contribution in [0.4, 0.5) is 0 Å². The van der Waals surface area contributed by atoms with Crippen LogP contribution in [0, 0.1) is 13.8 Å².